The molecule has 1 aromatic carbocycles. The zero-order valence-electron chi connectivity index (χ0n) is 13.4. The summed E-state index contributed by atoms with van der Waals surface area (Å²) in [5, 5.41) is 3.49. The minimum atomic E-state index is 0.547. The monoisotopic (exact) mass is 274 g/mol. The molecule has 1 aliphatic rings. The molecular formula is C18H30N2. The van der Waals surface area contributed by atoms with E-state index in [9.17, 15) is 0 Å². The van der Waals surface area contributed by atoms with Gasteiger partial charge in [-0.2, -0.15) is 0 Å². The van der Waals surface area contributed by atoms with Crippen molar-refractivity contribution in [1.82, 2.24) is 10.2 Å². The summed E-state index contributed by atoms with van der Waals surface area (Å²) in [5.74, 6) is 0.904. The molecule has 0 bridgehead atoms. The molecule has 1 unspecified atom stereocenters. The van der Waals surface area contributed by atoms with Crippen LogP contribution in [0.2, 0.25) is 0 Å². The number of rotatable bonds is 5. The van der Waals surface area contributed by atoms with Crippen LogP contribution in [0.3, 0.4) is 0 Å². The average molecular weight is 274 g/mol. The maximum atomic E-state index is 3.49. The molecule has 1 atom stereocenters. The SMILES string of the molecule is CC1CCCN(Cc2cccc(CNC(C)C)c2)CC1. The summed E-state index contributed by atoms with van der Waals surface area (Å²) >= 11 is 0. The van der Waals surface area contributed by atoms with Gasteiger partial charge in [-0.15, -0.1) is 0 Å². The number of nitrogens with zero attached hydrogens (tertiary/aromatic N) is 1. The Hall–Kier alpha value is -0.860. The van der Waals surface area contributed by atoms with Crippen molar-refractivity contribution in [3.05, 3.63) is 35.4 Å². The summed E-state index contributed by atoms with van der Waals surface area (Å²) < 4.78 is 0. The Morgan fingerprint density at radius 2 is 2.00 bits per heavy atom. The normalized spacial score (nSPS) is 21.1. The van der Waals surface area contributed by atoms with Crippen molar-refractivity contribution in [3.8, 4) is 0 Å². The Morgan fingerprint density at radius 3 is 2.80 bits per heavy atom. The van der Waals surface area contributed by atoms with Gasteiger partial charge in [0.1, 0.15) is 0 Å². The van der Waals surface area contributed by atoms with Crippen molar-refractivity contribution in [3.63, 3.8) is 0 Å². The van der Waals surface area contributed by atoms with Crippen molar-refractivity contribution in [2.45, 2.75) is 59.2 Å². The van der Waals surface area contributed by atoms with Crippen LogP contribution < -0.4 is 5.32 Å². The molecule has 112 valence electrons. The molecule has 2 rings (SSSR count). The lowest BCUT2D eigenvalue weighted by Gasteiger charge is -2.20. The lowest BCUT2D eigenvalue weighted by Crippen LogP contribution is -2.24. The highest BCUT2D eigenvalue weighted by atomic mass is 15.1. The lowest BCUT2D eigenvalue weighted by atomic mass is 10.0. The van der Waals surface area contributed by atoms with Gasteiger partial charge in [-0.1, -0.05) is 45.0 Å². The van der Waals surface area contributed by atoms with Gasteiger partial charge in [0.2, 0.25) is 0 Å². The maximum Gasteiger partial charge on any atom is 0.0233 e. The number of benzene rings is 1. The van der Waals surface area contributed by atoms with E-state index in [0.29, 0.717) is 6.04 Å². The van der Waals surface area contributed by atoms with Gasteiger partial charge >= 0.3 is 0 Å². The van der Waals surface area contributed by atoms with Crippen molar-refractivity contribution in [2.24, 2.45) is 5.92 Å². The van der Waals surface area contributed by atoms with Gasteiger partial charge in [0.05, 0.1) is 0 Å². The van der Waals surface area contributed by atoms with E-state index >= 15 is 0 Å². The number of hydrogen-bond acceptors (Lipinski definition) is 2. The highest BCUT2D eigenvalue weighted by molar-refractivity contribution is 5.23. The molecule has 1 fully saturated rings. The minimum absolute atomic E-state index is 0.547. The summed E-state index contributed by atoms with van der Waals surface area (Å²) in [5.41, 5.74) is 2.86. The Morgan fingerprint density at radius 1 is 1.20 bits per heavy atom. The summed E-state index contributed by atoms with van der Waals surface area (Å²) in [6, 6.07) is 9.61. The first kappa shape index (κ1) is 15.5. The summed E-state index contributed by atoms with van der Waals surface area (Å²) in [6.45, 7) is 11.4. The largest absolute Gasteiger partial charge is 0.310 e. The van der Waals surface area contributed by atoms with Crippen LogP contribution in [0.15, 0.2) is 24.3 Å². The van der Waals surface area contributed by atoms with Crippen LogP contribution in [-0.2, 0) is 13.1 Å². The molecule has 2 heteroatoms. The van der Waals surface area contributed by atoms with E-state index in [-0.39, 0.29) is 0 Å². The van der Waals surface area contributed by atoms with Gasteiger partial charge in [-0.25, -0.2) is 0 Å². The van der Waals surface area contributed by atoms with E-state index in [0.717, 1.165) is 19.0 Å². The van der Waals surface area contributed by atoms with Crippen LogP contribution in [0.4, 0.5) is 0 Å². The van der Waals surface area contributed by atoms with Crippen LogP contribution in [0.25, 0.3) is 0 Å². The van der Waals surface area contributed by atoms with Gasteiger partial charge < -0.3 is 5.32 Å². The molecule has 0 amide bonds. The van der Waals surface area contributed by atoms with E-state index in [1.807, 2.05) is 0 Å². The Kier molecular flexibility index (Phi) is 6.06. The average Bonchev–Trinajstić information content (AvgIpc) is 2.62. The first-order valence-corrected chi connectivity index (χ1v) is 8.17. The third-order valence-electron chi connectivity index (χ3n) is 4.22. The topological polar surface area (TPSA) is 15.3 Å². The molecule has 1 N–H and O–H groups in total. The molecular weight excluding hydrogens is 244 g/mol. The predicted octanol–water partition coefficient (Wildman–Crippen LogP) is 3.81. The van der Waals surface area contributed by atoms with Crippen molar-refractivity contribution >= 4 is 0 Å². The molecule has 1 aromatic rings. The van der Waals surface area contributed by atoms with Crippen molar-refractivity contribution < 1.29 is 0 Å². The summed E-state index contributed by atoms with van der Waals surface area (Å²) in [7, 11) is 0. The minimum Gasteiger partial charge on any atom is -0.310 e. The molecule has 0 spiro atoms. The molecule has 1 heterocycles. The molecule has 0 radical (unpaired) electrons. The van der Waals surface area contributed by atoms with E-state index < -0.39 is 0 Å². The predicted molar refractivity (Wildman–Crippen MR) is 86.7 cm³/mol. The van der Waals surface area contributed by atoms with E-state index in [4.69, 9.17) is 0 Å². The molecule has 0 saturated carbocycles. The molecule has 1 aliphatic heterocycles. The second-order valence-corrected chi connectivity index (χ2v) is 6.67. The zero-order chi connectivity index (χ0) is 14.4. The first-order chi connectivity index (χ1) is 9.63. The van der Waals surface area contributed by atoms with Crippen LogP contribution in [0, 0.1) is 5.92 Å². The zero-order valence-corrected chi connectivity index (χ0v) is 13.4. The van der Waals surface area contributed by atoms with E-state index in [2.05, 4.69) is 55.3 Å². The standard InChI is InChI=1S/C18H30N2/c1-15(2)19-13-17-7-4-8-18(12-17)14-20-10-5-6-16(3)9-11-20/h4,7-8,12,15-16,19H,5-6,9-11,13-14H2,1-3H3. The smallest absolute Gasteiger partial charge is 0.0233 e. The fourth-order valence-corrected chi connectivity index (χ4v) is 2.90. The van der Waals surface area contributed by atoms with Crippen molar-refractivity contribution in [1.29, 1.82) is 0 Å². The van der Waals surface area contributed by atoms with Gasteiger partial charge in [-0.05, 0) is 49.4 Å². The van der Waals surface area contributed by atoms with Crippen LogP contribution in [0.1, 0.15) is 51.2 Å². The van der Waals surface area contributed by atoms with E-state index in [1.165, 1.54) is 43.5 Å². The number of hydrogen-bond donors (Lipinski definition) is 1. The van der Waals surface area contributed by atoms with Crippen molar-refractivity contribution in [2.75, 3.05) is 13.1 Å². The second kappa shape index (κ2) is 7.80. The molecule has 0 aliphatic carbocycles. The Balaban J connectivity index is 1.90. The van der Waals surface area contributed by atoms with Gasteiger partial charge in [0.15, 0.2) is 0 Å². The fraction of sp³-hybridized carbons (Fsp3) is 0.667. The molecule has 1 saturated heterocycles. The second-order valence-electron chi connectivity index (χ2n) is 6.67. The third kappa shape index (κ3) is 5.26. The summed E-state index contributed by atoms with van der Waals surface area (Å²) in [6.07, 6.45) is 4.11. The van der Waals surface area contributed by atoms with Crippen LogP contribution in [-0.4, -0.2) is 24.0 Å². The molecule has 0 aromatic heterocycles. The van der Waals surface area contributed by atoms with Gasteiger partial charge in [0.25, 0.3) is 0 Å². The Labute approximate surface area is 124 Å². The van der Waals surface area contributed by atoms with Gasteiger partial charge in [0, 0.05) is 19.1 Å². The van der Waals surface area contributed by atoms with Crippen LogP contribution >= 0.6 is 0 Å². The highest BCUT2D eigenvalue weighted by Gasteiger charge is 2.13. The number of nitrogens with one attached hydrogen (secondary N) is 1. The fourth-order valence-electron chi connectivity index (χ4n) is 2.90. The quantitative estimate of drug-likeness (QED) is 0.878. The Bertz CT molecular complexity index is 400. The first-order valence-electron chi connectivity index (χ1n) is 8.17. The lowest BCUT2D eigenvalue weighted by molar-refractivity contribution is 0.273. The highest BCUT2D eigenvalue weighted by Crippen LogP contribution is 2.18. The number of likely N-dealkylation sites (tertiary alicyclic amines) is 1. The summed E-state index contributed by atoms with van der Waals surface area (Å²) in [4.78, 5) is 2.62. The maximum absolute atomic E-state index is 3.49. The molecule has 2 nitrogen and oxygen atoms in total. The third-order valence-corrected chi connectivity index (χ3v) is 4.22. The molecule has 20 heavy (non-hydrogen) atoms. The van der Waals surface area contributed by atoms with Crippen LogP contribution in [0.5, 0.6) is 0 Å². The van der Waals surface area contributed by atoms with E-state index in [1.54, 1.807) is 0 Å². The van der Waals surface area contributed by atoms with Gasteiger partial charge in [-0.3, -0.25) is 4.90 Å².